The molecular formula is C16H23N3O. The van der Waals surface area contributed by atoms with Crippen molar-refractivity contribution in [2.24, 2.45) is 0 Å². The van der Waals surface area contributed by atoms with Crippen molar-refractivity contribution in [1.82, 2.24) is 14.3 Å². The average molecular weight is 273 g/mol. The molecule has 1 N–H and O–H groups in total. The lowest BCUT2D eigenvalue weighted by Crippen LogP contribution is -2.40. The van der Waals surface area contributed by atoms with Gasteiger partial charge in [0.25, 0.3) is 0 Å². The largest absolute Gasteiger partial charge is 0.396 e. The van der Waals surface area contributed by atoms with Crippen molar-refractivity contribution in [3.8, 4) is 0 Å². The maximum Gasteiger partial charge on any atom is 0.139 e. The van der Waals surface area contributed by atoms with Gasteiger partial charge in [0.2, 0.25) is 0 Å². The SMILES string of the molecule is Cc1cccn2cc(CN(CCCO)C3CCC3)nc12. The van der Waals surface area contributed by atoms with Crippen LogP contribution >= 0.6 is 0 Å². The van der Waals surface area contributed by atoms with Crippen molar-refractivity contribution in [3.05, 3.63) is 35.8 Å². The van der Waals surface area contributed by atoms with Gasteiger partial charge < -0.3 is 9.51 Å². The van der Waals surface area contributed by atoms with Gasteiger partial charge >= 0.3 is 0 Å². The minimum absolute atomic E-state index is 0.271. The summed E-state index contributed by atoms with van der Waals surface area (Å²) < 4.78 is 2.11. The molecule has 0 unspecified atom stereocenters. The lowest BCUT2D eigenvalue weighted by Gasteiger charge is -2.37. The van der Waals surface area contributed by atoms with Crippen molar-refractivity contribution in [2.75, 3.05) is 13.2 Å². The number of hydrogen-bond donors (Lipinski definition) is 1. The molecule has 1 aliphatic carbocycles. The Labute approximate surface area is 120 Å². The van der Waals surface area contributed by atoms with Crippen molar-refractivity contribution < 1.29 is 5.11 Å². The van der Waals surface area contributed by atoms with E-state index in [0.29, 0.717) is 6.04 Å². The molecule has 4 nitrogen and oxygen atoms in total. The third kappa shape index (κ3) is 2.72. The van der Waals surface area contributed by atoms with E-state index in [4.69, 9.17) is 10.1 Å². The maximum absolute atomic E-state index is 9.06. The highest BCUT2D eigenvalue weighted by molar-refractivity contribution is 5.47. The van der Waals surface area contributed by atoms with Crippen molar-refractivity contribution in [3.63, 3.8) is 0 Å². The molecule has 0 amide bonds. The van der Waals surface area contributed by atoms with Gasteiger partial charge in [-0.25, -0.2) is 4.98 Å². The molecule has 1 saturated carbocycles. The van der Waals surface area contributed by atoms with Crippen LogP contribution in [-0.4, -0.2) is 38.6 Å². The molecule has 2 heterocycles. The Bertz CT molecular complexity index is 574. The first kappa shape index (κ1) is 13.6. The Morgan fingerprint density at radius 1 is 1.45 bits per heavy atom. The predicted octanol–water partition coefficient (Wildman–Crippen LogP) is 2.38. The summed E-state index contributed by atoms with van der Waals surface area (Å²) in [4.78, 5) is 7.24. The lowest BCUT2D eigenvalue weighted by atomic mass is 9.91. The molecule has 0 spiro atoms. The zero-order chi connectivity index (χ0) is 13.9. The van der Waals surface area contributed by atoms with Gasteiger partial charge in [-0.1, -0.05) is 12.5 Å². The first-order chi connectivity index (χ1) is 9.78. The summed E-state index contributed by atoms with van der Waals surface area (Å²) in [6.07, 6.45) is 8.95. The summed E-state index contributed by atoms with van der Waals surface area (Å²) in [5.41, 5.74) is 3.40. The van der Waals surface area contributed by atoms with Crippen molar-refractivity contribution in [1.29, 1.82) is 0 Å². The van der Waals surface area contributed by atoms with Gasteiger partial charge in [-0.2, -0.15) is 0 Å². The molecule has 0 aromatic carbocycles. The van der Waals surface area contributed by atoms with Crippen LogP contribution < -0.4 is 0 Å². The van der Waals surface area contributed by atoms with Crippen LogP contribution in [0.15, 0.2) is 24.5 Å². The predicted molar refractivity (Wildman–Crippen MR) is 79.7 cm³/mol. The molecule has 1 aliphatic rings. The number of aromatic nitrogens is 2. The molecule has 4 heteroatoms. The summed E-state index contributed by atoms with van der Waals surface area (Å²) in [7, 11) is 0. The summed E-state index contributed by atoms with van der Waals surface area (Å²) in [6, 6.07) is 4.85. The Morgan fingerprint density at radius 3 is 2.95 bits per heavy atom. The quantitative estimate of drug-likeness (QED) is 0.878. The molecule has 108 valence electrons. The molecule has 0 aliphatic heterocycles. The Hall–Kier alpha value is -1.39. The highest BCUT2D eigenvalue weighted by atomic mass is 16.3. The first-order valence-corrected chi connectivity index (χ1v) is 7.56. The molecule has 1 fully saturated rings. The van der Waals surface area contributed by atoms with Crippen LogP contribution in [-0.2, 0) is 6.54 Å². The fourth-order valence-corrected chi connectivity index (χ4v) is 2.91. The Morgan fingerprint density at radius 2 is 2.30 bits per heavy atom. The van der Waals surface area contributed by atoms with Crippen molar-refractivity contribution >= 4 is 5.65 Å². The first-order valence-electron chi connectivity index (χ1n) is 7.56. The third-order valence-electron chi connectivity index (χ3n) is 4.29. The Balaban J connectivity index is 1.77. The van der Waals surface area contributed by atoms with E-state index in [1.165, 1.54) is 24.8 Å². The molecule has 20 heavy (non-hydrogen) atoms. The third-order valence-corrected chi connectivity index (χ3v) is 4.29. The molecule has 2 aromatic rings. The van der Waals surface area contributed by atoms with Crippen LogP contribution in [0.5, 0.6) is 0 Å². The Kier molecular flexibility index (Phi) is 4.03. The van der Waals surface area contributed by atoms with E-state index < -0.39 is 0 Å². The fourth-order valence-electron chi connectivity index (χ4n) is 2.91. The molecular weight excluding hydrogens is 250 g/mol. The molecule has 0 saturated heterocycles. The van der Waals surface area contributed by atoms with Crippen LogP contribution in [0.1, 0.15) is 36.9 Å². The maximum atomic E-state index is 9.06. The van der Waals surface area contributed by atoms with Gasteiger partial charge in [0.05, 0.1) is 5.69 Å². The van der Waals surface area contributed by atoms with Gasteiger partial charge in [-0.3, -0.25) is 4.90 Å². The van der Waals surface area contributed by atoms with Crippen LogP contribution in [0.2, 0.25) is 0 Å². The second-order valence-electron chi connectivity index (χ2n) is 5.79. The van der Waals surface area contributed by atoms with Gasteiger partial charge in [-0.15, -0.1) is 0 Å². The number of pyridine rings is 1. The monoisotopic (exact) mass is 273 g/mol. The van der Waals surface area contributed by atoms with Crippen LogP contribution in [0.3, 0.4) is 0 Å². The minimum Gasteiger partial charge on any atom is -0.396 e. The smallest absolute Gasteiger partial charge is 0.139 e. The molecule has 0 bridgehead atoms. The number of aliphatic hydroxyl groups excluding tert-OH is 1. The number of aryl methyl sites for hydroxylation is 1. The highest BCUT2D eigenvalue weighted by Gasteiger charge is 2.25. The van der Waals surface area contributed by atoms with Gasteiger partial charge in [0, 0.05) is 38.1 Å². The number of hydrogen-bond acceptors (Lipinski definition) is 3. The second-order valence-corrected chi connectivity index (χ2v) is 5.79. The summed E-state index contributed by atoms with van der Waals surface area (Å²) in [6.45, 7) is 4.23. The van der Waals surface area contributed by atoms with Crippen LogP contribution in [0, 0.1) is 6.92 Å². The lowest BCUT2D eigenvalue weighted by molar-refractivity contribution is 0.108. The average Bonchev–Trinajstić information content (AvgIpc) is 2.78. The number of rotatable bonds is 6. The van der Waals surface area contributed by atoms with Crippen LogP contribution in [0.25, 0.3) is 5.65 Å². The van der Waals surface area contributed by atoms with Crippen molar-refractivity contribution in [2.45, 2.75) is 45.2 Å². The number of imidazole rings is 1. The highest BCUT2D eigenvalue weighted by Crippen LogP contribution is 2.26. The van der Waals surface area contributed by atoms with E-state index in [1.807, 2.05) is 0 Å². The number of nitrogens with zero attached hydrogens (tertiary/aromatic N) is 3. The summed E-state index contributed by atoms with van der Waals surface area (Å²) >= 11 is 0. The zero-order valence-electron chi connectivity index (χ0n) is 12.1. The molecule has 0 atom stereocenters. The summed E-state index contributed by atoms with van der Waals surface area (Å²) in [5, 5.41) is 9.06. The fraction of sp³-hybridized carbons (Fsp3) is 0.562. The molecule has 0 radical (unpaired) electrons. The molecule has 3 rings (SSSR count). The normalized spacial score (nSPS) is 15.9. The van der Waals surface area contributed by atoms with E-state index in [9.17, 15) is 0 Å². The molecule has 2 aromatic heterocycles. The zero-order valence-corrected chi connectivity index (χ0v) is 12.1. The second kappa shape index (κ2) is 5.94. The van der Waals surface area contributed by atoms with E-state index in [1.54, 1.807) is 0 Å². The number of aliphatic hydroxyl groups is 1. The van der Waals surface area contributed by atoms with Crippen LogP contribution in [0.4, 0.5) is 0 Å². The van der Waals surface area contributed by atoms with E-state index >= 15 is 0 Å². The van der Waals surface area contributed by atoms with Gasteiger partial charge in [0.1, 0.15) is 5.65 Å². The minimum atomic E-state index is 0.271. The number of fused-ring (bicyclic) bond motifs is 1. The standard InChI is InChI=1S/C16H23N3O/c1-13-5-3-8-19-12-14(17-16(13)19)11-18(9-4-10-20)15-6-2-7-15/h3,5,8,12,15,20H,2,4,6-7,9-11H2,1H3. The van der Waals surface area contributed by atoms with E-state index in [-0.39, 0.29) is 6.61 Å². The van der Waals surface area contributed by atoms with Gasteiger partial charge in [0.15, 0.2) is 0 Å². The van der Waals surface area contributed by atoms with Gasteiger partial charge in [-0.05, 0) is 37.8 Å². The topological polar surface area (TPSA) is 40.8 Å². The summed E-state index contributed by atoms with van der Waals surface area (Å²) in [5.74, 6) is 0. The van der Waals surface area contributed by atoms with E-state index in [0.717, 1.165) is 30.9 Å². The van der Waals surface area contributed by atoms with E-state index in [2.05, 4.69) is 40.8 Å².